The number of sulfone groups is 1. The number of rotatable bonds is 5. The van der Waals surface area contributed by atoms with E-state index in [1.807, 2.05) is 0 Å². The highest BCUT2D eigenvalue weighted by Crippen LogP contribution is 2.28. The number of carbonyl (C=O) groups is 1. The van der Waals surface area contributed by atoms with E-state index in [1.54, 1.807) is 0 Å². The van der Waals surface area contributed by atoms with Gasteiger partial charge in [0.2, 0.25) is 0 Å². The van der Waals surface area contributed by atoms with Crippen LogP contribution >= 0.6 is 0 Å². The Labute approximate surface area is 164 Å². The van der Waals surface area contributed by atoms with Gasteiger partial charge in [-0.3, -0.25) is 0 Å². The topological polar surface area (TPSA) is 111 Å². The van der Waals surface area contributed by atoms with E-state index in [4.69, 9.17) is 0 Å². The molecule has 0 saturated carbocycles. The molecule has 0 spiro atoms. The summed E-state index contributed by atoms with van der Waals surface area (Å²) in [5.74, 6) is -2.39. The predicted molar refractivity (Wildman–Crippen MR) is 99.4 cm³/mol. The minimum atomic E-state index is -3.44. The number of hydrogen-bond acceptors (Lipinski definition) is 8. The quantitative estimate of drug-likeness (QED) is 0.628. The summed E-state index contributed by atoms with van der Waals surface area (Å²) in [6.45, 7) is 0. The van der Waals surface area contributed by atoms with Gasteiger partial charge in [-0.25, -0.2) is 27.0 Å². The first kappa shape index (κ1) is 20.3. The molecule has 0 bridgehead atoms. The SMILES string of the molecule is COC(=O)c1nnc(-c2c(F)cccc2F)cc1Nc1ccc(S(C)(=O)=O)cn1. The Morgan fingerprint density at radius 2 is 1.79 bits per heavy atom. The lowest BCUT2D eigenvalue weighted by Crippen LogP contribution is -2.11. The summed E-state index contributed by atoms with van der Waals surface area (Å²) in [4.78, 5) is 15.9. The maximum atomic E-state index is 14.1. The Hall–Kier alpha value is -3.47. The highest BCUT2D eigenvalue weighted by Gasteiger charge is 2.20. The van der Waals surface area contributed by atoms with Crippen LogP contribution in [0.3, 0.4) is 0 Å². The average molecular weight is 420 g/mol. The fourth-order valence-electron chi connectivity index (χ4n) is 2.41. The third-order valence-electron chi connectivity index (χ3n) is 3.82. The zero-order chi connectivity index (χ0) is 21.2. The molecule has 0 atom stereocenters. The van der Waals surface area contributed by atoms with Crippen LogP contribution in [0.25, 0.3) is 11.3 Å². The molecule has 0 unspecified atom stereocenters. The smallest absolute Gasteiger partial charge is 0.360 e. The molecule has 0 fully saturated rings. The van der Waals surface area contributed by atoms with Gasteiger partial charge in [0, 0.05) is 12.5 Å². The van der Waals surface area contributed by atoms with Gasteiger partial charge in [0.15, 0.2) is 15.5 Å². The van der Waals surface area contributed by atoms with Crippen molar-refractivity contribution in [2.45, 2.75) is 4.90 Å². The molecule has 8 nitrogen and oxygen atoms in total. The first-order valence-corrected chi connectivity index (χ1v) is 9.93. The van der Waals surface area contributed by atoms with Crippen molar-refractivity contribution in [1.82, 2.24) is 15.2 Å². The second-order valence-electron chi connectivity index (χ2n) is 5.86. The Bertz CT molecular complexity index is 1160. The molecular weight excluding hydrogens is 406 g/mol. The number of nitrogens with zero attached hydrogens (tertiary/aromatic N) is 3. The van der Waals surface area contributed by atoms with Gasteiger partial charge in [-0.05, 0) is 30.3 Å². The molecule has 1 aromatic carbocycles. The van der Waals surface area contributed by atoms with Gasteiger partial charge in [-0.15, -0.1) is 10.2 Å². The average Bonchev–Trinajstić information content (AvgIpc) is 2.67. The van der Waals surface area contributed by atoms with Gasteiger partial charge in [-0.2, -0.15) is 0 Å². The minimum Gasteiger partial charge on any atom is -0.464 e. The van der Waals surface area contributed by atoms with Gasteiger partial charge in [0.1, 0.15) is 23.1 Å². The first-order chi connectivity index (χ1) is 13.7. The van der Waals surface area contributed by atoms with Crippen molar-refractivity contribution >= 4 is 27.3 Å². The number of esters is 1. The number of carbonyl (C=O) groups excluding carboxylic acids is 1. The minimum absolute atomic E-state index is 0.00166. The number of hydrogen-bond donors (Lipinski definition) is 1. The highest BCUT2D eigenvalue weighted by atomic mass is 32.2. The van der Waals surface area contributed by atoms with Crippen LogP contribution in [0.15, 0.2) is 47.5 Å². The van der Waals surface area contributed by atoms with Crippen LogP contribution in [0.1, 0.15) is 10.5 Å². The van der Waals surface area contributed by atoms with E-state index in [0.717, 1.165) is 31.7 Å². The molecule has 0 aliphatic rings. The van der Waals surface area contributed by atoms with E-state index in [1.165, 1.54) is 24.3 Å². The molecule has 150 valence electrons. The molecule has 2 heterocycles. The lowest BCUT2D eigenvalue weighted by Gasteiger charge is -2.11. The molecule has 0 amide bonds. The summed E-state index contributed by atoms with van der Waals surface area (Å²) in [7, 11) is -2.30. The van der Waals surface area contributed by atoms with Gasteiger partial charge in [0.05, 0.1) is 23.3 Å². The molecule has 0 aliphatic carbocycles. The van der Waals surface area contributed by atoms with Crippen molar-refractivity contribution in [3.05, 3.63) is 59.9 Å². The van der Waals surface area contributed by atoms with Gasteiger partial charge < -0.3 is 10.1 Å². The van der Waals surface area contributed by atoms with Crippen molar-refractivity contribution in [3.8, 4) is 11.3 Å². The Morgan fingerprint density at radius 3 is 2.34 bits per heavy atom. The molecule has 1 N–H and O–H groups in total. The van der Waals surface area contributed by atoms with E-state index in [-0.39, 0.29) is 27.8 Å². The number of methoxy groups -OCH3 is 1. The number of halogens is 2. The number of benzene rings is 1. The number of ether oxygens (including phenoxy) is 1. The molecule has 3 rings (SSSR count). The predicted octanol–water partition coefficient (Wildman–Crippen LogP) is 2.75. The number of anilines is 2. The van der Waals surface area contributed by atoms with Crippen LogP contribution in [-0.2, 0) is 14.6 Å². The largest absolute Gasteiger partial charge is 0.464 e. The Kier molecular flexibility index (Phi) is 5.50. The van der Waals surface area contributed by atoms with Crippen molar-refractivity contribution in [3.63, 3.8) is 0 Å². The van der Waals surface area contributed by atoms with Gasteiger partial charge >= 0.3 is 5.97 Å². The zero-order valence-corrected chi connectivity index (χ0v) is 16.0. The third kappa shape index (κ3) is 4.35. The molecule has 11 heteroatoms. The Morgan fingerprint density at radius 1 is 1.10 bits per heavy atom. The molecule has 2 aromatic heterocycles. The number of pyridine rings is 1. The zero-order valence-electron chi connectivity index (χ0n) is 15.2. The Balaban J connectivity index is 2.07. The second-order valence-corrected chi connectivity index (χ2v) is 7.87. The summed E-state index contributed by atoms with van der Waals surface area (Å²) >= 11 is 0. The van der Waals surface area contributed by atoms with E-state index in [9.17, 15) is 22.0 Å². The fraction of sp³-hybridized carbons (Fsp3) is 0.111. The van der Waals surface area contributed by atoms with Crippen LogP contribution in [0.5, 0.6) is 0 Å². The van der Waals surface area contributed by atoms with Gasteiger partial charge in [-0.1, -0.05) is 6.07 Å². The maximum absolute atomic E-state index is 14.1. The molecule has 3 aromatic rings. The molecular formula is C18H14F2N4O4S. The normalized spacial score (nSPS) is 11.2. The van der Waals surface area contributed by atoms with E-state index in [2.05, 4.69) is 25.2 Å². The highest BCUT2D eigenvalue weighted by molar-refractivity contribution is 7.90. The van der Waals surface area contributed by atoms with E-state index < -0.39 is 33.0 Å². The maximum Gasteiger partial charge on any atom is 0.360 e. The van der Waals surface area contributed by atoms with Crippen molar-refractivity contribution in [2.24, 2.45) is 0 Å². The summed E-state index contributed by atoms with van der Waals surface area (Å²) in [6.07, 6.45) is 2.16. The molecule has 0 saturated heterocycles. The van der Waals surface area contributed by atoms with Gasteiger partial charge in [0.25, 0.3) is 0 Å². The summed E-state index contributed by atoms with van der Waals surface area (Å²) in [6, 6.07) is 7.22. The second kappa shape index (κ2) is 7.87. The fourth-order valence-corrected chi connectivity index (χ4v) is 2.97. The molecule has 29 heavy (non-hydrogen) atoms. The van der Waals surface area contributed by atoms with Crippen molar-refractivity contribution < 1.29 is 26.7 Å². The first-order valence-electron chi connectivity index (χ1n) is 8.04. The standard InChI is InChI=1S/C18H14F2N4O4S/c1-28-18(25)17-14(22-15-7-6-10(9-21-15)29(2,26)27)8-13(23-24-17)16-11(19)4-3-5-12(16)20/h3-9H,1-2H3,(H,21,22,23). The van der Waals surface area contributed by atoms with Crippen LogP contribution in [0, 0.1) is 11.6 Å². The lowest BCUT2D eigenvalue weighted by molar-refractivity contribution is 0.0594. The molecule has 0 radical (unpaired) electrons. The van der Waals surface area contributed by atoms with Crippen LogP contribution in [0.4, 0.5) is 20.3 Å². The summed E-state index contributed by atoms with van der Waals surface area (Å²) in [5.41, 5.74) is -0.811. The summed E-state index contributed by atoms with van der Waals surface area (Å²) < 4.78 is 55.9. The van der Waals surface area contributed by atoms with E-state index in [0.29, 0.717) is 0 Å². The van der Waals surface area contributed by atoms with Crippen LogP contribution in [0.2, 0.25) is 0 Å². The van der Waals surface area contributed by atoms with Crippen molar-refractivity contribution in [1.29, 1.82) is 0 Å². The monoisotopic (exact) mass is 420 g/mol. The number of aromatic nitrogens is 3. The van der Waals surface area contributed by atoms with E-state index >= 15 is 0 Å². The van der Waals surface area contributed by atoms with Crippen LogP contribution < -0.4 is 5.32 Å². The van der Waals surface area contributed by atoms with Crippen LogP contribution in [-0.4, -0.2) is 42.9 Å². The summed E-state index contributed by atoms with van der Waals surface area (Å²) in [5, 5.41) is 10.2. The third-order valence-corrected chi connectivity index (χ3v) is 4.92. The molecule has 0 aliphatic heterocycles. The lowest BCUT2D eigenvalue weighted by atomic mass is 10.1. The van der Waals surface area contributed by atoms with Crippen molar-refractivity contribution in [2.75, 3.05) is 18.7 Å². The number of nitrogens with one attached hydrogen (secondary N) is 1.